The molecule has 1 aromatic carbocycles. The molecule has 0 aliphatic carbocycles. The smallest absolute Gasteiger partial charge is 0.369 e. The minimum absolute atomic E-state index is 0.311. The van der Waals surface area contributed by atoms with E-state index in [0.717, 1.165) is 5.56 Å². The van der Waals surface area contributed by atoms with E-state index >= 15 is 0 Å². The summed E-state index contributed by atoms with van der Waals surface area (Å²) in [7, 11) is 0. The van der Waals surface area contributed by atoms with Crippen LogP contribution in [0, 0.1) is 0 Å². The van der Waals surface area contributed by atoms with Gasteiger partial charge in [0.1, 0.15) is 0 Å². The average molecular weight is 400 g/mol. The van der Waals surface area contributed by atoms with E-state index in [0.29, 0.717) is 10.3 Å². The topological polar surface area (TPSA) is 9.23 Å². The lowest BCUT2D eigenvalue weighted by Gasteiger charge is -2.29. The van der Waals surface area contributed by atoms with E-state index in [4.69, 9.17) is 4.74 Å². The van der Waals surface area contributed by atoms with Gasteiger partial charge in [0.2, 0.25) is 0 Å². The maximum atomic E-state index is 12.2. The third-order valence-electron chi connectivity index (χ3n) is 3.25. The molecule has 1 unspecified atom stereocenters. The first-order valence-corrected chi connectivity index (χ1v) is 8.07. The molecule has 0 saturated heterocycles. The summed E-state index contributed by atoms with van der Waals surface area (Å²) in [5.41, 5.74) is 1.44. The SMILES string of the molecule is CC(C)c1ccc(C(C)(CI)OCCC(F)(F)F)cc1. The fourth-order valence-electron chi connectivity index (χ4n) is 1.81. The highest BCUT2D eigenvalue weighted by atomic mass is 127. The molecule has 114 valence electrons. The highest BCUT2D eigenvalue weighted by Gasteiger charge is 2.31. The van der Waals surface area contributed by atoms with Crippen molar-refractivity contribution in [3.63, 3.8) is 0 Å². The summed E-state index contributed by atoms with van der Waals surface area (Å²) in [5.74, 6) is 0.432. The van der Waals surface area contributed by atoms with Gasteiger partial charge in [-0.15, -0.1) is 0 Å². The molecule has 0 aliphatic heterocycles. The molecule has 1 atom stereocenters. The van der Waals surface area contributed by atoms with Crippen LogP contribution in [0.3, 0.4) is 0 Å². The van der Waals surface area contributed by atoms with E-state index < -0.39 is 18.2 Å². The Morgan fingerprint density at radius 1 is 1.15 bits per heavy atom. The van der Waals surface area contributed by atoms with Gasteiger partial charge in [0.15, 0.2) is 0 Å². The zero-order valence-corrected chi connectivity index (χ0v) is 14.1. The van der Waals surface area contributed by atoms with Crippen LogP contribution in [0.2, 0.25) is 0 Å². The van der Waals surface area contributed by atoms with Crippen LogP contribution in [0.5, 0.6) is 0 Å². The van der Waals surface area contributed by atoms with Crippen LogP contribution in [-0.2, 0) is 10.3 Å². The van der Waals surface area contributed by atoms with Crippen molar-refractivity contribution >= 4 is 22.6 Å². The number of halogens is 4. The second-order valence-corrected chi connectivity index (χ2v) is 6.12. The van der Waals surface area contributed by atoms with Crippen LogP contribution in [0.15, 0.2) is 24.3 Å². The van der Waals surface area contributed by atoms with Crippen molar-refractivity contribution in [3.05, 3.63) is 35.4 Å². The Morgan fingerprint density at radius 3 is 2.10 bits per heavy atom. The molecule has 0 fully saturated rings. The summed E-state index contributed by atoms with van der Waals surface area (Å²) in [6.07, 6.45) is -5.09. The average Bonchev–Trinajstić information content (AvgIpc) is 2.37. The summed E-state index contributed by atoms with van der Waals surface area (Å²) in [6, 6.07) is 7.92. The van der Waals surface area contributed by atoms with E-state index in [-0.39, 0.29) is 6.61 Å². The van der Waals surface area contributed by atoms with Crippen molar-refractivity contribution in [2.75, 3.05) is 11.0 Å². The number of ether oxygens (including phenoxy) is 1. The Bertz CT molecular complexity index is 414. The van der Waals surface area contributed by atoms with Crippen LogP contribution >= 0.6 is 22.6 Å². The maximum Gasteiger partial charge on any atom is 0.391 e. The fourth-order valence-corrected chi connectivity index (χ4v) is 2.47. The zero-order valence-electron chi connectivity index (χ0n) is 11.9. The molecule has 0 spiro atoms. The number of benzene rings is 1. The lowest BCUT2D eigenvalue weighted by Crippen LogP contribution is -2.29. The molecule has 1 nitrogen and oxygen atoms in total. The third kappa shape index (κ3) is 5.24. The predicted octanol–water partition coefficient (Wildman–Crippen LogP) is 5.43. The van der Waals surface area contributed by atoms with Crippen molar-refractivity contribution < 1.29 is 17.9 Å². The van der Waals surface area contributed by atoms with Gasteiger partial charge in [-0.2, -0.15) is 13.2 Å². The van der Waals surface area contributed by atoms with Crippen molar-refractivity contribution in [1.29, 1.82) is 0 Å². The number of hydrogen-bond acceptors (Lipinski definition) is 1. The first kappa shape index (κ1) is 17.8. The highest BCUT2D eigenvalue weighted by Crippen LogP contribution is 2.30. The Morgan fingerprint density at radius 2 is 1.70 bits per heavy atom. The van der Waals surface area contributed by atoms with Gasteiger partial charge in [0.25, 0.3) is 0 Å². The Labute approximate surface area is 132 Å². The summed E-state index contributed by atoms with van der Waals surface area (Å²) < 4.78 is 42.7. The molecule has 20 heavy (non-hydrogen) atoms. The maximum absolute atomic E-state index is 12.2. The molecule has 0 heterocycles. The highest BCUT2D eigenvalue weighted by molar-refractivity contribution is 14.1. The van der Waals surface area contributed by atoms with E-state index in [9.17, 15) is 13.2 Å². The molecular weight excluding hydrogens is 380 g/mol. The summed E-state index contributed by atoms with van der Waals surface area (Å²) >= 11 is 2.15. The Hall–Kier alpha value is -0.300. The standard InChI is InChI=1S/C15H20F3IO/c1-11(2)12-4-6-13(7-5-12)14(3,10-19)20-9-8-15(16,17)18/h4-7,11H,8-10H2,1-3H3. The predicted molar refractivity (Wildman–Crippen MR) is 83.4 cm³/mol. The van der Waals surface area contributed by atoms with Gasteiger partial charge in [0, 0.05) is 4.43 Å². The molecule has 0 bridgehead atoms. The summed E-state index contributed by atoms with van der Waals surface area (Å²) in [5, 5.41) is 0. The van der Waals surface area contributed by atoms with Crippen LogP contribution in [-0.4, -0.2) is 17.2 Å². The van der Waals surface area contributed by atoms with Crippen LogP contribution in [0.4, 0.5) is 13.2 Å². The number of rotatable bonds is 6. The molecule has 0 radical (unpaired) electrons. The normalized spacial score (nSPS) is 15.4. The van der Waals surface area contributed by atoms with Crippen molar-refractivity contribution in [2.24, 2.45) is 0 Å². The van der Waals surface area contributed by atoms with Crippen LogP contribution in [0.25, 0.3) is 0 Å². The van der Waals surface area contributed by atoms with Crippen molar-refractivity contribution in [2.45, 2.75) is 44.9 Å². The molecule has 0 aromatic heterocycles. The first-order chi connectivity index (χ1) is 9.18. The molecule has 0 aliphatic rings. The molecule has 0 N–H and O–H groups in total. The van der Waals surface area contributed by atoms with E-state index in [1.165, 1.54) is 5.56 Å². The van der Waals surface area contributed by atoms with E-state index in [2.05, 4.69) is 36.4 Å². The van der Waals surface area contributed by atoms with E-state index in [1.807, 2.05) is 31.2 Å². The van der Waals surface area contributed by atoms with Crippen LogP contribution in [0.1, 0.15) is 44.2 Å². The molecule has 0 saturated carbocycles. The van der Waals surface area contributed by atoms with Crippen molar-refractivity contribution in [3.8, 4) is 0 Å². The minimum atomic E-state index is -4.17. The molecule has 5 heteroatoms. The van der Waals surface area contributed by atoms with Gasteiger partial charge in [-0.1, -0.05) is 60.7 Å². The molecule has 0 amide bonds. The minimum Gasteiger partial charge on any atom is -0.369 e. The van der Waals surface area contributed by atoms with Crippen molar-refractivity contribution in [1.82, 2.24) is 0 Å². The van der Waals surface area contributed by atoms with Gasteiger partial charge < -0.3 is 4.74 Å². The largest absolute Gasteiger partial charge is 0.391 e. The van der Waals surface area contributed by atoms with Gasteiger partial charge in [-0.3, -0.25) is 0 Å². The Kier molecular flexibility index (Phi) is 6.31. The van der Waals surface area contributed by atoms with Gasteiger partial charge in [0.05, 0.1) is 18.6 Å². The Balaban J connectivity index is 2.77. The van der Waals surface area contributed by atoms with Gasteiger partial charge in [-0.25, -0.2) is 0 Å². The lowest BCUT2D eigenvalue weighted by molar-refractivity contribution is -0.155. The zero-order chi connectivity index (χ0) is 15.4. The van der Waals surface area contributed by atoms with Crippen LogP contribution < -0.4 is 0 Å². The third-order valence-corrected chi connectivity index (χ3v) is 4.70. The van der Waals surface area contributed by atoms with Gasteiger partial charge in [-0.05, 0) is 24.0 Å². The monoisotopic (exact) mass is 400 g/mol. The number of hydrogen-bond donors (Lipinski definition) is 0. The molecule has 1 aromatic rings. The molecular formula is C15H20F3IO. The second-order valence-electron chi connectivity index (χ2n) is 5.35. The fraction of sp³-hybridized carbons (Fsp3) is 0.600. The molecule has 1 rings (SSSR count). The van der Waals surface area contributed by atoms with Gasteiger partial charge >= 0.3 is 6.18 Å². The quantitative estimate of drug-likeness (QED) is 0.457. The second kappa shape index (κ2) is 7.11. The van der Waals surface area contributed by atoms with E-state index in [1.54, 1.807) is 0 Å². The lowest BCUT2D eigenvalue weighted by atomic mass is 9.94. The summed E-state index contributed by atoms with van der Waals surface area (Å²) in [4.78, 5) is 0. The first-order valence-electron chi connectivity index (χ1n) is 6.55. The summed E-state index contributed by atoms with van der Waals surface area (Å²) in [6.45, 7) is 5.73. The number of alkyl halides is 4.